The molecule has 0 amide bonds. The van der Waals surface area contributed by atoms with Crippen LogP contribution in [0.1, 0.15) is 53.4 Å². The van der Waals surface area contributed by atoms with Crippen molar-refractivity contribution in [2.45, 2.75) is 58.3 Å². The standard InChI is InChI=1S/C21H27F3O5S.Na/c1-13(2)7-5-8-14(3)9-6-10-15(4)11-12-29-20-16(22)17(23)21(30(26,27)28)19(25)18(20)24;/h7,9,11,25H,5-6,8,10,12H2,1-4H3,(H,26,27,28);/q;+1/p-1/b14-9+,15-11+;. The van der Waals surface area contributed by atoms with Gasteiger partial charge in [0.05, 0.1) is 0 Å². The van der Waals surface area contributed by atoms with Crippen LogP contribution >= 0.6 is 0 Å². The molecule has 1 N–H and O–H groups in total. The maximum Gasteiger partial charge on any atom is 1.00 e. The van der Waals surface area contributed by atoms with Gasteiger partial charge in [-0.05, 0) is 65.2 Å². The van der Waals surface area contributed by atoms with E-state index >= 15 is 0 Å². The van der Waals surface area contributed by atoms with Crippen LogP contribution in [0.25, 0.3) is 0 Å². The van der Waals surface area contributed by atoms with Crippen LogP contribution in [0.15, 0.2) is 39.8 Å². The van der Waals surface area contributed by atoms with E-state index in [9.17, 15) is 26.7 Å². The zero-order chi connectivity index (χ0) is 23.1. The minimum absolute atomic E-state index is 0. The molecule has 0 unspecified atom stereocenters. The summed E-state index contributed by atoms with van der Waals surface area (Å²) in [6, 6.07) is 0. The van der Waals surface area contributed by atoms with Crippen molar-refractivity contribution < 1.29 is 65.5 Å². The Balaban J connectivity index is 0.00000900. The molecule has 0 bridgehead atoms. The van der Waals surface area contributed by atoms with Crippen LogP contribution in [-0.2, 0) is 10.1 Å². The number of ether oxygens (including phenoxy) is 1. The Labute approximate surface area is 203 Å². The van der Waals surface area contributed by atoms with Gasteiger partial charge < -0.3 is 9.84 Å². The van der Waals surface area contributed by atoms with Crippen molar-refractivity contribution in [3.8, 4) is 11.5 Å². The first-order chi connectivity index (χ1) is 13.9. The Hall–Kier alpha value is -1.26. The Bertz CT molecular complexity index is 937. The van der Waals surface area contributed by atoms with Crippen LogP contribution in [0.3, 0.4) is 0 Å². The third-order valence-corrected chi connectivity index (χ3v) is 5.12. The smallest absolute Gasteiger partial charge is 0.869 e. The van der Waals surface area contributed by atoms with Gasteiger partial charge in [0, 0.05) is 0 Å². The number of rotatable bonds is 10. The average molecular weight is 470 g/mol. The zero-order valence-electron chi connectivity index (χ0n) is 18.4. The minimum Gasteiger partial charge on any atom is -0.869 e. The fraction of sp³-hybridized carbons (Fsp3) is 0.429. The molecule has 0 aliphatic carbocycles. The first kappa shape index (κ1) is 29.7. The molecule has 1 aromatic rings. The van der Waals surface area contributed by atoms with Crippen molar-refractivity contribution in [2.75, 3.05) is 6.61 Å². The molecule has 1 aromatic carbocycles. The summed E-state index contributed by atoms with van der Waals surface area (Å²) in [7, 11) is -5.43. The van der Waals surface area contributed by atoms with Gasteiger partial charge in [-0.25, -0.2) is 8.78 Å². The summed E-state index contributed by atoms with van der Waals surface area (Å²) in [5.41, 5.74) is 3.37. The van der Waals surface area contributed by atoms with E-state index in [2.05, 4.69) is 12.2 Å². The van der Waals surface area contributed by atoms with E-state index in [0.29, 0.717) is 6.42 Å². The predicted octanol–water partition coefficient (Wildman–Crippen LogP) is 2.23. The molecule has 0 aromatic heterocycles. The van der Waals surface area contributed by atoms with Crippen LogP contribution in [0.5, 0.6) is 11.5 Å². The quantitative estimate of drug-likeness (QED) is 0.245. The van der Waals surface area contributed by atoms with Crippen molar-refractivity contribution in [1.82, 2.24) is 0 Å². The molecule has 0 radical (unpaired) electrons. The summed E-state index contributed by atoms with van der Waals surface area (Å²) in [6.07, 6.45) is 9.13. The SMILES string of the molecule is CC(C)=CCC/C(C)=C/CC/C(C)=C/COc1c(F)c([O-])c(S(=O)(=O)O)c(F)c1F.[Na+]. The van der Waals surface area contributed by atoms with E-state index in [1.165, 1.54) is 17.2 Å². The summed E-state index contributed by atoms with van der Waals surface area (Å²) < 4.78 is 77.1. The van der Waals surface area contributed by atoms with Gasteiger partial charge in [-0.2, -0.15) is 12.8 Å². The van der Waals surface area contributed by atoms with Crippen LogP contribution in [0, 0.1) is 17.5 Å². The molecule has 0 fully saturated rings. The second-order valence-corrected chi connectivity index (χ2v) is 8.53. The Kier molecular flexibility index (Phi) is 12.8. The van der Waals surface area contributed by atoms with E-state index in [-0.39, 0.29) is 36.2 Å². The van der Waals surface area contributed by atoms with Gasteiger partial charge in [0.15, 0.2) is 17.4 Å². The molecule has 0 aliphatic heterocycles. The summed E-state index contributed by atoms with van der Waals surface area (Å²) >= 11 is 0. The van der Waals surface area contributed by atoms with Gasteiger partial charge in [-0.1, -0.05) is 28.9 Å². The van der Waals surface area contributed by atoms with Crippen molar-refractivity contribution in [2.24, 2.45) is 0 Å². The Morgan fingerprint density at radius 1 is 0.935 bits per heavy atom. The number of hydrogen-bond acceptors (Lipinski definition) is 4. The molecule has 31 heavy (non-hydrogen) atoms. The molecule has 5 nitrogen and oxygen atoms in total. The number of hydrogen-bond donors (Lipinski definition) is 1. The monoisotopic (exact) mass is 470 g/mol. The van der Waals surface area contributed by atoms with E-state index in [1.807, 2.05) is 20.8 Å². The topological polar surface area (TPSA) is 86.7 Å². The van der Waals surface area contributed by atoms with Crippen LogP contribution < -0.4 is 39.4 Å². The van der Waals surface area contributed by atoms with Gasteiger partial charge in [0.2, 0.25) is 5.82 Å². The van der Waals surface area contributed by atoms with E-state index in [1.54, 1.807) is 6.92 Å². The van der Waals surface area contributed by atoms with Gasteiger partial charge in [0.1, 0.15) is 11.5 Å². The second kappa shape index (κ2) is 13.3. The molecular formula is C21H26F3NaO5S. The van der Waals surface area contributed by atoms with Crippen molar-refractivity contribution >= 4 is 10.1 Å². The third-order valence-electron chi connectivity index (χ3n) is 4.24. The summed E-state index contributed by atoms with van der Waals surface area (Å²) in [5.74, 6) is -9.44. The summed E-state index contributed by atoms with van der Waals surface area (Å²) in [6.45, 7) is 7.55. The van der Waals surface area contributed by atoms with Gasteiger partial charge >= 0.3 is 29.6 Å². The van der Waals surface area contributed by atoms with Crippen LogP contribution in [0.2, 0.25) is 0 Å². The Morgan fingerprint density at radius 3 is 1.97 bits per heavy atom. The third kappa shape index (κ3) is 9.41. The molecule has 0 saturated heterocycles. The molecule has 10 heteroatoms. The molecule has 1 rings (SSSR count). The van der Waals surface area contributed by atoms with E-state index in [0.717, 1.165) is 24.8 Å². The van der Waals surface area contributed by atoms with Crippen molar-refractivity contribution in [1.29, 1.82) is 0 Å². The molecule has 0 spiro atoms. The second-order valence-electron chi connectivity index (χ2n) is 7.18. The van der Waals surface area contributed by atoms with Crippen LogP contribution in [-0.4, -0.2) is 19.6 Å². The van der Waals surface area contributed by atoms with Gasteiger partial charge in [-0.3, -0.25) is 4.55 Å². The Morgan fingerprint density at radius 2 is 1.45 bits per heavy atom. The van der Waals surface area contributed by atoms with Crippen molar-refractivity contribution in [3.05, 3.63) is 52.4 Å². The molecule has 0 heterocycles. The fourth-order valence-corrected chi connectivity index (χ4v) is 3.20. The first-order valence-electron chi connectivity index (χ1n) is 9.28. The molecular weight excluding hydrogens is 444 g/mol. The number of allylic oxidation sites excluding steroid dienone is 5. The minimum atomic E-state index is -5.43. The molecule has 0 aliphatic rings. The summed E-state index contributed by atoms with van der Waals surface area (Å²) in [4.78, 5) is -1.98. The number of benzene rings is 1. The molecule has 0 saturated carbocycles. The maximum absolute atomic E-state index is 13.9. The van der Waals surface area contributed by atoms with Crippen molar-refractivity contribution in [3.63, 3.8) is 0 Å². The first-order valence-corrected chi connectivity index (χ1v) is 10.7. The average Bonchev–Trinajstić information content (AvgIpc) is 2.61. The number of halogens is 3. The summed E-state index contributed by atoms with van der Waals surface area (Å²) in [5, 5.41) is 11.6. The van der Waals surface area contributed by atoms with Crippen LogP contribution in [0.4, 0.5) is 13.2 Å². The largest absolute Gasteiger partial charge is 1.00 e. The molecule has 168 valence electrons. The maximum atomic E-state index is 13.9. The van der Waals surface area contributed by atoms with E-state index < -0.39 is 44.0 Å². The van der Waals surface area contributed by atoms with Gasteiger partial charge in [0.25, 0.3) is 10.1 Å². The molecule has 0 atom stereocenters. The predicted molar refractivity (Wildman–Crippen MR) is 106 cm³/mol. The normalized spacial score (nSPS) is 12.4. The fourth-order valence-electron chi connectivity index (χ4n) is 2.56. The van der Waals surface area contributed by atoms with Gasteiger partial charge in [-0.15, -0.1) is 0 Å². The van der Waals surface area contributed by atoms with E-state index in [4.69, 9.17) is 9.29 Å². The zero-order valence-corrected chi connectivity index (χ0v) is 21.2.